The molecule has 0 aliphatic heterocycles. The van der Waals surface area contributed by atoms with Crippen molar-refractivity contribution in [3.63, 3.8) is 0 Å². The van der Waals surface area contributed by atoms with Gasteiger partial charge in [0.2, 0.25) is 0 Å². The van der Waals surface area contributed by atoms with Gasteiger partial charge in [-0.05, 0) is 86.7 Å². The highest BCUT2D eigenvalue weighted by atomic mass is 15.1. The molecule has 0 N–H and O–H groups in total. The minimum Gasteiger partial charge on any atom is -0.372 e. The van der Waals surface area contributed by atoms with Crippen LogP contribution in [0, 0.1) is 6.92 Å². The summed E-state index contributed by atoms with van der Waals surface area (Å²) in [6.45, 7) is 19.1. The summed E-state index contributed by atoms with van der Waals surface area (Å²) in [7, 11) is 2.19. The fourth-order valence-corrected chi connectivity index (χ4v) is 5.92. The van der Waals surface area contributed by atoms with Crippen molar-refractivity contribution in [2.75, 3.05) is 36.0 Å². The van der Waals surface area contributed by atoms with Gasteiger partial charge >= 0.3 is 0 Å². The van der Waals surface area contributed by atoms with Crippen LogP contribution in [-0.4, -0.2) is 30.7 Å². The molecule has 0 radical (unpaired) electrons. The molecule has 208 valence electrons. The minimum atomic E-state index is 0.0658. The van der Waals surface area contributed by atoms with E-state index in [0.717, 1.165) is 26.2 Å². The number of anilines is 2. The third-order valence-corrected chi connectivity index (χ3v) is 8.22. The largest absolute Gasteiger partial charge is 0.372 e. The zero-order valence-electron chi connectivity index (χ0n) is 25.2. The van der Waals surface area contributed by atoms with E-state index in [9.17, 15) is 0 Å². The summed E-state index contributed by atoms with van der Waals surface area (Å²) in [6.07, 6.45) is 6.15. The lowest BCUT2D eigenvalue weighted by molar-refractivity contribution is 0.861. The van der Waals surface area contributed by atoms with Gasteiger partial charge in [-0.15, -0.1) is 0 Å². The van der Waals surface area contributed by atoms with E-state index in [2.05, 4.69) is 154 Å². The van der Waals surface area contributed by atoms with Crippen molar-refractivity contribution < 1.29 is 0 Å². The molecule has 0 unspecified atom stereocenters. The molecule has 0 amide bonds. The second-order valence-corrected chi connectivity index (χ2v) is 10.2. The number of rotatable bonds is 12. The van der Waals surface area contributed by atoms with Crippen molar-refractivity contribution >= 4 is 17.5 Å². The third-order valence-electron chi connectivity index (χ3n) is 8.22. The van der Waals surface area contributed by atoms with Gasteiger partial charge in [-0.3, -0.25) is 0 Å². The molecule has 3 aromatic carbocycles. The molecular weight excluding hydrogens is 486 g/mol. The Labute approximate surface area is 242 Å². The zero-order chi connectivity index (χ0) is 28.6. The standard InChI is InChI=1S/C37H45N3/c1-8-13-19-34-28(6)38(7)37(31-17-15-14-16-18-31)36(34)35(29-20-24-32(25-21-29)39(9-2)10-3)30-22-26-33(27-23-30)40(11-4)12-5/h8,13-27,35H,1,9-12H2,2-7H3/b19-13-. The Bertz CT molecular complexity index is 1350. The maximum atomic E-state index is 3.97. The number of hydrogen-bond donors (Lipinski definition) is 0. The molecule has 4 aromatic rings. The van der Waals surface area contributed by atoms with Crippen LogP contribution >= 0.6 is 0 Å². The molecule has 0 saturated heterocycles. The highest BCUT2D eigenvalue weighted by Gasteiger charge is 2.28. The van der Waals surface area contributed by atoms with Crippen LogP contribution in [0.25, 0.3) is 17.3 Å². The Hall–Kier alpha value is -3.98. The van der Waals surface area contributed by atoms with Crippen LogP contribution in [0.2, 0.25) is 0 Å². The molecule has 0 aliphatic carbocycles. The molecule has 3 heteroatoms. The number of benzene rings is 3. The first-order valence-electron chi connectivity index (χ1n) is 14.7. The SMILES string of the molecule is C=C/C=C\c1c(C(c2ccc(N(CC)CC)cc2)c2ccc(N(CC)CC)cc2)c(-c2ccccc2)n(C)c1C. The van der Waals surface area contributed by atoms with E-state index in [-0.39, 0.29) is 5.92 Å². The first-order chi connectivity index (χ1) is 19.5. The van der Waals surface area contributed by atoms with Crippen molar-refractivity contribution in [3.05, 3.63) is 126 Å². The number of allylic oxidation sites excluding steroid dienone is 2. The summed E-state index contributed by atoms with van der Waals surface area (Å²) in [4.78, 5) is 4.80. The third kappa shape index (κ3) is 5.79. The van der Waals surface area contributed by atoms with Crippen LogP contribution in [0.15, 0.2) is 97.6 Å². The molecule has 0 saturated carbocycles. The Kier molecular flexibility index (Phi) is 9.71. The van der Waals surface area contributed by atoms with Crippen molar-refractivity contribution in [3.8, 4) is 11.3 Å². The lowest BCUT2D eigenvalue weighted by Gasteiger charge is -2.25. The molecule has 1 aromatic heterocycles. The highest BCUT2D eigenvalue weighted by molar-refractivity contribution is 5.77. The average molecular weight is 532 g/mol. The van der Waals surface area contributed by atoms with Crippen LogP contribution in [0.5, 0.6) is 0 Å². The summed E-state index contributed by atoms with van der Waals surface area (Å²) in [5, 5.41) is 0. The van der Waals surface area contributed by atoms with Gasteiger partial charge < -0.3 is 14.4 Å². The maximum absolute atomic E-state index is 3.97. The van der Waals surface area contributed by atoms with Gasteiger partial charge in [0.25, 0.3) is 0 Å². The van der Waals surface area contributed by atoms with Gasteiger partial charge in [0.1, 0.15) is 0 Å². The van der Waals surface area contributed by atoms with E-state index in [0.29, 0.717) is 0 Å². The molecule has 1 heterocycles. The topological polar surface area (TPSA) is 11.4 Å². The Morgan fingerprint density at radius 2 is 1.20 bits per heavy atom. The Morgan fingerprint density at radius 3 is 1.62 bits per heavy atom. The zero-order valence-corrected chi connectivity index (χ0v) is 25.2. The van der Waals surface area contributed by atoms with Crippen molar-refractivity contribution in [1.82, 2.24) is 4.57 Å². The van der Waals surface area contributed by atoms with Crippen LogP contribution < -0.4 is 9.80 Å². The van der Waals surface area contributed by atoms with E-state index in [4.69, 9.17) is 0 Å². The lowest BCUT2D eigenvalue weighted by Crippen LogP contribution is -2.22. The van der Waals surface area contributed by atoms with E-state index in [1.54, 1.807) is 0 Å². The van der Waals surface area contributed by atoms with E-state index < -0.39 is 0 Å². The smallest absolute Gasteiger partial charge is 0.0528 e. The molecular formula is C37H45N3. The predicted octanol–water partition coefficient (Wildman–Crippen LogP) is 9.07. The Balaban J connectivity index is 2.00. The number of aromatic nitrogens is 1. The molecule has 0 fully saturated rings. The molecule has 0 bridgehead atoms. The fraction of sp³-hybridized carbons (Fsp3) is 0.297. The summed E-state index contributed by atoms with van der Waals surface area (Å²) in [5.74, 6) is 0.0658. The van der Waals surface area contributed by atoms with Crippen molar-refractivity contribution in [2.45, 2.75) is 40.5 Å². The fourth-order valence-electron chi connectivity index (χ4n) is 5.92. The first-order valence-corrected chi connectivity index (χ1v) is 14.7. The van der Waals surface area contributed by atoms with Crippen LogP contribution in [0.3, 0.4) is 0 Å². The van der Waals surface area contributed by atoms with E-state index >= 15 is 0 Å². The second kappa shape index (κ2) is 13.4. The van der Waals surface area contributed by atoms with Gasteiger partial charge in [-0.25, -0.2) is 0 Å². The molecule has 0 spiro atoms. The van der Waals surface area contributed by atoms with Crippen LogP contribution in [0.4, 0.5) is 11.4 Å². The normalized spacial score (nSPS) is 11.4. The van der Waals surface area contributed by atoms with Gasteiger partial charge in [0.05, 0.1) is 5.69 Å². The van der Waals surface area contributed by atoms with Gasteiger partial charge in [-0.2, -0.15) is 0 Å². The molecule has 0 aliphatic rings. The predicted molar refractivity (Wildman–Crippen MR) is 176 cm³/mol. The van der Waals surface area contributed by atoms with Crippen LogP contribution in [-0.2, 0) is 7.05 Å². The summed E-state index contributed by atoms with van der Waals surface area (Å²) in [6, 6.07) is 29.3. The quantitative estimate of drug-likeness (QED) is 0.169. The molecule has 0 atom stereocenters. The summed E-state index contributed by atoms with van der Waals surface area (Å²) >= 11 is 0. The first kappa shape index (κ1) is 29.0. The monoisotopic (exact) mass is 531 g/mol. The van der Waals surface area contributed by atoms with E-state index in [1.165, 1.54) is 50.6 Å². The Morgan fingerprint density at radius 1 is 0.725 bits per heavy atom. The van der Waals surface area contributed by atoms with Gasteiger partial charge in [-0.1, -0.05) is 79.4 Å². The number of nitrogens with zero attached hydrogens (tertiary/aromatic N) is 3. The van der Waals surface area contributed by atoms with Gasteiger partial charge in [0, 0.05) is 56.2 Å². The highest BCUT2D eigenvalue weighted by Crippen LogP contribution is 2.43. The van der Waals surface area contributed by atoms with Crippen molar-refractivity contribution in [1.29, 1.82) is 0 Å². The lowest BCUT2D eigenvalue weighted by atomic mass is 9.81. The van der Waals surface area contributed by atoms with Crippen molar-refractivity contribution in [2.24, 2.45) is 7.05 Å². The molecule has 40 heavy (non-hydrogen) atoms. The van der Waals surface area contributed by atoms with Gasteiger partial charge in [0.15, 0.2) is 0 Å². The summed E-state index contributed by atoms with van der Waals surface area (Å²) < 4.78 is 2.36. The average Bonchev–Trinajstić information content (AvgIpc) is 3.24. The second-order valence-electron chi connectivity index (χ2n) is 10.2. The van der Waals surface area contributed by atoms with E-state index in [1.807, 2.05) is 6.08 Å². The minimum absolute atomic E-state index is 0.0658. The maximum Gasteiger partial charge on any atom is 0.0528 e. The van der Waals surface area contributed by atoms with Crippen LogP contribution in [0.1, 0.15) is 61.6 Å². The molecule has 3 nitrogen and oxygen atoms in total. The summed E-state index contributed by atoms with van der Waals surface area (Å²) in [5.41, 5.74) is 11.4. The number of hydrogen-bond acceptors (Lipinski definition) is 2. The molecule has 4 rings (SSSR count).